The highest BCUT2D eigenvalue weighted by molar-refractivity contribution is 6.78. The number of phenols is 1. The van der Waals surface area contributed by atoms with Crippen molar-refractivity contribution < 1.29 is 9.53 Å². The van der Waals surface area contributed by atoms with Crippen LogP contribution in [-0.4, -0.2) is 13.4 Å². The third-order valence-electron chi connectivity index (χ3n) is 7.01. The number of phenolic OH excluding ortho intramolecular Hbond substituents is 1. The summed E-state index contributed by atoms with van der Waals surface area (Å²) in [6.07, 6.45) is 9.56. The quantitative estimate of drug-likeness (QED) is 0.419. The monoisotopic (exact) mass is 404 g/mol. The molecule has 1 saturated carbocycles. The molecular weight excluding hydrogens is 360 g/mol. The molecule has 0 spiro atoms. The Kier molecular flexibility index (Phi) is 8.48. The van der Waals surface area contributed by atoms with Crippen LogP contribution < -0.4 is 4.43 Å². The minimum atomic E-state index is -2.05. The van der Waals surface area contributed by atoms with Crippen molar-refractivity contribution in [2.45, 2.75) is 122 Å². The Morgan fingerprint density at radius 2 is 1.54 bits per heavy atom. The molecule has 1 aliphatic carbocycles. The predicted molar refractivity (Wildman–Crippen MR) is 124 cm³/mol. The van der Waals surface area contributed by atoms with Gasteiger partial charge < -0.3 is 9.53 Å². The number of unbranched alkanes of at least 4 members (excludes halogenated alkanes) is 1. The van der Waals surface area contributed by atoms with Crippen molar-refractivity contribution in [1.82, 2.24) is 0 Å². The van der Waals surface area contributed by atoms with Gasteiger partial charge in [0.25, 0.3) is 8.32 Å². The molecule has 0 atom stereocenters. The van der Waals surface area contributed by atoms with Gasteiger partial charge in [0.05, 0.1) is 0 Å². The summed E-state index contributed by atoms with van der Waals surface area (Å²) in [4.78, 5) is 0. The van der Waals surface area contributed by atoms with Crippen LogP contribution in [0.1, 0.15) is 110 Å². The molecule has 0 aliphatic heterocycles. The van der Waals surface area contributed by atoms with Crippen LogP contribution in [0.15, 0.2) is 12.1 Å². The van der Waals surface area contributed by atoms with Gasteiger partial charge in [-0.1, -0.05) is 74.1 Å². The molecule has 0 heterocycles. The third-order valence-corrected chi connectivity index (χ3v) is 13.0. The highest BCUT2D eigenvalue weighted by Crippen LogP contribution is 2.48. The lowest BCUT2D eigenvalue weighted by Gasteiger charge is -2.43. The standard InChI is InChI=1S/C25H44O2Si/c1-8-9-13-21-16-23(26)25(22-14-11-10-12-15-22)24(17-21)27-28(18(2)3,19(4)5)20(6)7/h16-20,22,26H,8-15H2,1-7H3. The van der Waals surface area contributed by atoms with E-state index in [1.165, 1.54) is 44.1 Å². The van der Waals surface area contributed by atoms with E-state index >= 15 is 0 Å². The van der Waals surface area contributed by atoms with E-state index in [0.29, 0.717) is 28.3 Å². The minimum Gasteiger partial charge on any atom is -0.542 e. The second-order valence-electron chi connectivity index (χ2n) is 9.88. The van der Waals surface area contributed by atoms with E-state index in [-0.39, 0.29) is 0 Å². The topological polar surface area (TPSA) is 29.5 Å². The van der Waals surface area contributed by atoms with Crippen LogP contribution in [0.5, 0.6) is 11.5 Å². The Morgan fingerprint density at radius 3 is 2.04 bits per heavy atom. The van der Waals surface area contributed by atoms with E-state index in [0.717, 1.165) is 24.2 Å². The lowest BCUT2D eigenvalue weighted by atomic mass is 9.82. The Bertz CT molecular complexity index is 593. The molecule has 1 N–H and O–H groups in total. The van der Waals surface area contributed by atoms with Gasteiger partial charge in [0.1, 0.15) is 11.5 Å². The van der Waals surface area contributed by atoms with E-state index in [1.807, 2.05) is 6.07 Å². The summed E-state index contributed by atoms with van der Waals surface area (Å²) < 4.78 is 7.15. The van der Waals surface area contributed by atoms with Crippen LogP contribution >= 0.6 is 0 Å². The van der Waals surface area contributed by atoms with Gasteiger partial charge in [0.2, 0.25) is 0 Å². The van der Waals surface area contributed by atoms with Crippen LogP contribution in [0, 0.1) is 0 Å². The first kappa shape index (κ1) is 23.3. The lowest BCUT2D eigenvalue weighted by Crippen LogP contribution is -2.51. The van der Waals surface area contributed by atoms with E-state index in [2.05, 4.69) is 54.5 Å². The zero-order valence-corrected chi connectivity index (χ0v) is 20.5. The fourth-order valence-corrected chi connectivity index (χ4v) is 10.9. The predicted octanol–water partition coefficient (Wildman–Crippen LogP) is 8.34. The Balaban J connectivity index is 2.55. The van der Waals surface area contributed by atoms with Gasteiger partial charge in [-0.2, -0.15) is 0 Å². The van der Waals surface area contributed by atoms with Crippen LogP contribution in [-0.2, 0) is 6.42 Å². The average Bonchev–Trinajstić information content (AvgIpc) is 2.63. The number of rotatable bonds is 9. The molecule has 2 rings (SSSR count). The van der Waals surface area contributed by atoms with Crippen molar-refractivity contribution in [2.75, 3.05) is 0 Å². The molecule has 0 unspecified atom stereocenters. The summed E-state index contributed by atoms with van der Waals surface area (Å²) in [5.41, 5.74) is 3.95. The molecule has 0 radical (unpaired) electrons. The first-order valence-corrected chi connectivity index (χ1v) is 13.9. The fourth-order valence-electron chi connectivity index (χ4n) is 5.62. The highest BCUT2D eigenvalue weighted by atomic mass is 28.4. The second-order valence-corrected chi connectivity index (χ2v) is 15.3. The summed E-state index contributed by atoms with van der Waals surface area (Å²) >= 11 is 0. The maximum atomic E-state index is 11.1. The molecule has 1 fully saturated rings. The Labute approximate surface area is 175 Å². The van der Waals surface area contributed by atoms with Crippen LogP contribution in [0.3, 0.4) is 0 Å². The fraction of sp³-hybridized carbons (Fsp3) is 0.760. The zero-order chi connectivity index (χ0) is 20.9. The van der Waals surface area contributed by atoms with Crippen molar-refractivity contribution in [2.24, 2.45) is 0 Å². The smallest absolute Gasteiger partial charge is 0.258 e. The van der Waals surface area contributed by atoms with E-state index in [4.69, 9.17) is 4.43 Å². The summed E-state index contributed by atoms with van der Waals surface area (Å²) in [6, 6.07) is 4.31. The third kappa shape index (κ3) is 4.95. The van der Waals surface area contributed by atoms with E-state index < -0.39 is 8.32 Å². The van der Waals surface area contributed by atoms with Crippen LogP contribution in [0.4, 0.5) is 0 Å². The van der Waals surface area contributed by atoms with Gasteiger partial charge in [-0.3, -0.25) is 0 Å². The van der Waals surface area contributed by atoms with Gasteiger partial charge in [-0.05, 0) is 65.9 Å². The Morgan fingerprint density at radius 1 is 0.964 bits per heavy atom. The van der Waals surface area contributed by atoms with Crippen LogP contribution in [0.25, 0.3) is 0 Å². The number of aryl methyl sites for hydroxylation is 1. The molecule has 0 bridgehead atoms. The van der Waals surface area contributed by atoms with E-state index in [9.17, 15) is 5.11 Å². The summed E-state index contributed by atoms with van der Waals surface area (Å²) in [6.45, 7) is 16.3. The summed E-state index contributed by atoms with van der Waals surface area (Å²) in [5, 5.41) is 11.1. The molecule has 0 aromatic heterocycles. The van der Waals surface area contributed by atoms with Crippen molar-refractivity contribution >= 4 is 8.32 Å². The number of benzene rings is 1. The largest absolute Gasteiger partial charge is 0.542 e. The van der Waals surface area contributed by atoms with Gasteiger partial charge in [-0.15, -0.1) is 0 Å². The lowest BCUT2D eigenvalue weighted by molar-refractivity contribution is 0.395. The van der Waals surface area contributed by atoms with Gasteiger partial charge in [-0.25, -0.2) is 0 Å². The normalized spacial score (nSPS) is 16.4. The molecule has 0 saturated heterocycles. The maximum absolute atomic E-state index is 11.1. The second kappa shape index (κ2) is 10.2. The van der Waals surface area contributed by atoms with Gasteiger partial charge in [0.15, 0.2) is 0 Å². The molecule has 3 heteroatoms. The molecule has 1 aromatic carbocycles. The number of hydrogen-bond donors (Lipinski definition) is 1. The molecule has 160 valence electrons. The molecule has 1 aliphatic rings. The first-order chi connectivity index (χ1) is 13.2. The number of aromatic hydroxyl groups is 1. The Hall–Kier alpha value is -0.963. The van der Waals surface area contributed by atoms with Gasteiger partial charge >= 0.3 is 0 Å². The number of hydrogen-bond acceptors (Lipinski definition) is 2. The van der Waals surface area contributed by atoms with Crippen molar-refractivity contribution in [3.05, 3.63) is 23.3 Å². The van der Waals surface area contributed by atoms with Crippen LogP contribution in [0.2, 0.25) is 16.6 Å². The highest BCUT2D eigenvalue weighted by Gasteiger charge is 2.47. The average molecular weight is 405 g/mol. The summed E-state index contributed by atoms with van der Waals surface area (Å²) in [7, 11) is -2.05. The van der Waals surface area contributed by atoms with Crippen molar-refractivity contribution in [1.29, 1.82) is 0 Å². The molecule has 28 heavy (non-hydrogen) atoms. The molecule has 0 amide bonds. The van der Waals surface area contributed by atoms with Gasteiger partial charge in [0, 0.05) is 5.56 Å². The zero-order valence-electron chi connectivity index (χ0n) is 19.5. The maximum Gasteiger partial charge on any atom is 0.258 e. The SMILES string of the molecule is CCCCc1cc(O)c(C2CCCCC2)c(O[Si](C(C)C)(C(C)C)C(C)C)c1. The minimum absolute atomic E-state index is 0.446. The van der Waals surface area contributed by atoms with Crippen molar-refractivity contribution in [3.63, 3.8) is 0 Å². The molecule has 1 aromatic rings. The first-order valence-electron chi connectivity index (χ1n) is 11.8. The van der Waals surface area contributed by atoms with Crippen molar-refractivity contribution in [3.8, 4) is 11.5 Å². The molecule has 2 nitrogen and oxygen atoms in total. The molecular formula is C25H44O2Si. The summed E-state index contributed by atoms with van der Waals surface area (Å²) in [5.74, 6) is 1.94. The van der Waals surface area contributed by atoms with E-state index in [1.54, 1.807) is 0 Å².